The van der Waals surface area contributed by atoms with Crippen molar-refractivity contribution >= 4 is 0 Å². The van der Waals surface area contributed by atoms with Gasteiger partial charge >= 0.3 is 0 Å². The highest BCUT2D eigenvalue weighted by molar-refractivity contribution is 4.91. The van der Waals surface area contributed by atoms with Gasteiger partial charge in [0.2, 0.25) is 0 Å². The Morgan fingerprint density at radius 1 is 0.619 bits per heavy atom. The Hall–Kier alpha value is -0.0400. The maximum absolute atomic E-state index is 3.97. The molecule has 0 amide bonds. The molecular weight excluding hydrogens is 254 g/mol. The topological polar surface area (TPSA) is 12.0 Å². The molecule has 2 saturated carbocycles. The van der Waals surface area contributed by atoms with E-state index in [9.17, 15) is 0 Å². The number of hydrogen-bond donors (Lipinski definition) is 1. The van der Waals surface area contributed by atoms with E-state index in [-0.39, 0.29) is 0 Å². The second kappa shape index (κ2) is 7.49. The molecule has 0 unspecified atom stereocenters. The minimum absolute atomic E-state index is 0.588. The van der Waals surface area contributed by atoms with Crippen LogP contribution in [0.5, 0.6) is 0 Å². The van der Waals surface area contributed by atoms with Crippen molar-refractivity contribution in [3.63, 3.8) is 0 Å². The Morgan fingerprint density at radius 3 is 1.24 bits per heavy atom. The molecule has 2 rings (SSSR count). The van der Waals surface area contributed by atoms with Crippen LogP contribution in [0.4, 0.5) is 0 Å². The summed E-state index contributed by atoms with van der Waals surface area (Å²) < 4.78 is 0. The van der Waals surface area contributed by atoms with E-state index in [1.54, 1.807) is 0 Å². The predicted molar refractivity (Wildman–Crippen MR) is 93.6 cm³/mol. The average Bonchev–Trinajstić information content (AvgIpc) is 2.49. The lowest BCUT2D eigenvalue weighted by Gasteiger charge is -2.45. The molecule has 2 fully saturated rings. The van der Waals surface area contributed by atoms with E-state index in [0.717, 1.165) is 11.8 Å². The van der Waals surface area contributed by atoms with Crippen molar-refractivity contribution in [1.29, 1.82) is 0 Å². The molecule has 0 aliphatic heterocycles. The fourth-order valence-electron chi connectivity index (χ4n) is 4.99. The van der Waals surface area contributed by atoms with E-state index >= 15 is 0 Å². The zero-order chi connectivity index (χ0) is 15.3. The average molecular weight is 294 g/mol. The molecule has 0 radical (unpaired) electrons. The third-order valence-corrected chi connectivity index (χ3v) is 7.10. The van der Waals surface area contributed by atoms with Crippen molar-refractivity contribution in [3.8, 4) is 0 Å². The molecule has 21 heavy (non-hydrogen) atoms. The molecular formula is C20H39N. The van der Waals surface area contributed by atoms with Crippen LogP contribution in [-0.4, -0.2) is 13.1 Å². The second-order valence-corrected chi connectivity index (χ2v) is 8.76. The summed E-state index contributed by atoms with van der Waals surface area (Å²) in [6, 6.07) is 0. The second-order valence-electron chi connectivity index (χ2n) is 8.76. The lowest BCUT2D eigenvalue weighted by Crippen LogP contribution is -2.46. The Labute approximate surface area is 133 Å². The van der Waals surface area contributed by atoms with Gasteiger partial charge in [0.25, 0.3) is 0 Å². The van der Waals surface area contributed by atoms with Crippen molar-refractivity contribution < 1.29 is 0 Å². The highest BCUT2D eigenvalue weighted by Gasteiger charge is 2.38. The van der Waals surface area contributed by atoms with Crippen LogP contribution in [0, 0.1) is 22.7 Å². The number of hydrogen-bond acceptors (Lipinski definition) is 1. The van der Waals surface area contributed by atoms with Gasteiger partial charge in [-0.2, -0.15) is 0 Å². The molecule has 1 heteroatoms. The van der Waals surface area contributed by atoms with Crippen molar-refractivity contribution in [2.24, 2.45) is 22.7 Å². The Morgan fingerprint density at radius 2 is 0.952 bits per heavy atom. The highest BCUT2D eigenvalue weighted by atomic mass is 14.9. The van der Waals surface area contributed by atoms with Crippen LogP contribution < -0.4 is 5.32 Å². The standard InChI is InChI=1S/C20H39N/c1-17(2)19(11-7-5-8-12-19)15-21-16-20(18(3)4)13-9-6-10-14-20/h17-18,21H,5-16H2,1-4H3. The highest BCUT2D eigenvalue weighted by Crippen LogP contribution is 2.44. The first-order valence-electron chi connectivity index (χ1n) is 9.72. The van der Waals surface area contributed by atoms with Crippen LogP contribution in [-0.2, 0) is 0 Å². The fourth-order valence-corrected chi connectivity index (χ4v) is 4.99. The fraction of sp³-hybridized carbons (Fsp3) is 1.00. The summed E-state index contributed by atoms with van der Waals surface area (Å²) in [6.45, 7) is 12.3. The maximum atomic E-state index is 3.97. The first kappa shape index (κ1) is 17.3. The lowest BCUT2D eigenvalue weighted by atomic mass is 9.65. The quantitative estimate of drug-likeness (QED) is 0.653. The predicted octanol–water partition coefficient (Wildman–Crippen LogP) is 5.79. The van der Waals surface area contributed by atoms with Crippen LogP contribution in [0.25, 0.3) is 0 Å². The van der Waals surface area contributed by atoms with Gasteiger partial charge in [-0.1, -0.05) is 66.2 Å². The van der Waals surface area contributed by atoms with Gasteiger partial charge in [0.15, 0.2) is 0 Å². The van der Waals surface area contributed by atoms with Crippen LogP contribution in [0.2, 0.25) is 0 Å². The molecule has 2 aliphatic carbocycles. The van der Waals surface area contributed by atoms with Crippen molar-refractivity contribution in [2.75, 3.05) is 13.1 Å². The summed E-state index contributed by atoms with van der Waals surface area (Å²) in [5, 5.41) is 3.97. The molecule has 0 aromatic carbocycles. The van der Waals surface area contributed by atoms with Gasteiger partial charge < -0.3 is 5.32 Å². The van der Waals surface area contributed by atoms with Gasteiger partial charge in [-0.3, -0.25) is 0 Å². The minimum atomic E-state index is 0.588. The number of rotatable bonds is 6. The zero-order valence-corrected chi connectivity index (χ0v) is 15.1. The molecule has 2 aliphatic rings. The molecule has 124 valence electrons. The molecule has 0 saturated heterocycles. The first-order chi connectivity index (χ1) is 10.0. The van der Waals surface area contributed by atoms with Crippen LogP contribution in [0.3, 0.4) is 0 Å². The lowest BCUT2D eigenvalue weighted by molar-refractivity contribution is 0.0825. The summed E-state index contributed by atoms with van der Waals surface area (Å²) in [6.07, 6.45) is 14.5. The zero-order valence-electron chi connectivity index (χ0n) is 15.1. The summed E-state index contributed by atoms with van der Waals surface area (Å²) in [5.74, 6) is 1.65. The maximum Gasteiger partial charge on any atom is 0.00105 e. The Kier molecular flexibility index (Phi) is 6.17. The normalized spacial score (nSPS) is 25.4. The van der Waals surface area contributed by atoms with Crippen molar-refractivity contribution in [3.05, 3.63) is 0 Å². The summed E-state index contributed by atoms with van der Waals surface area (Å²) in [4.78, 5) is 0. The number of nitrogens with one attached hydrogen (secondary N) is 1. The minimum Gasteiger partial charge on any atom is -0.316 e. The van der Waals surface area contributed by atoms with Gasteiger partial charge in [0.1, 0.15) is 0 Å². The first-order valence-corrected chi connectivity index (χ1v) is 9.72. The Balaban J connectivity index is 1.91. The van der Waals surface area contributed by atoms with E-state index < -0.39 is 0 Å². The van der Waals surface area contributed by atoms with E-state index in [2.05, 4.69) is 33.0 Å². The SMILES string of the molecule is CC(C)C1(CNCC2(C(C)C)CCCCC2)CCCCC1. The third kappa shape index (κ3) is 4.03. The molecule has 0 aromatic heterocycles. The molecule has 0 bridgehead atoms. The molecule has 1 nitrogen and oxygen atoms in total. The Bertz CT molecular complexity index is 263. The van der Waals surface area contributed by atoms with E-state index in [1.165, 1.54) is 77.3 Å². The molecule has 0 spiro atoms. The van der Waals surface area contributed by atoms with Gasteiger partial charge in [-0.05, 0) is 48.3 Å². The van der Waals surface area contributed by atoms with Crippen molar-refractivity contribution in [2.45, 2.75) is 91.9 Å². The van der Waals surface area contributed by atoms with E-state index in [0.29, 0.717) is 10.8 Å². The van der Waals surface area contributed by atoms with Crippen LogP contribution in [0.1, 0.15) is 91.9 Å². The van der Waals surface area contributed by atoms with Gasteiger partial charge in [-0.15, -0.1) is 0 Å². The van der Waals surface area contributed by atoms with Gasteiger partial charge in [0.05, 0.1) is 0 Å². The molecule has 0 atom stereocenters. The summed E-state index contributed by atoms with van der Waals surface area (Å²) in [7, 11) is 0. The van der Waals surface area contributed by atoms with Gasteiger partial charge in [-0.25, -0.2) is 0 Å². The molecule has 1 N–H and O–H groups in total. The smallest absolute Gasteiger partial charge is 0.00105 e. The van der Waals surface area contributed by atoms with Crippen LogP contribution >= 0.6 is 0 Å². The molecule has 0 aromatic rings. The van der Waals surface area contributed by atoms with E-state index in [1.807, 2.05) is 0 Å². The van der Waals surface area contributed by atoms with E-state index in [4.69, 9.17) is 0 Å². The third-order valence-electron chi connectivity index (χ3n) is 7.10. The monoisotopic (exact) mass is 293 g/mol. The largest absolute Gasteiger partial charge is 0.316 e. The molecule has 0 heterocycles. The van der Waals surface area contributed by atoms with Crippen molar-refractivity contribution in [1.82, 2.24) is 5.32 Å². The van der Waals surface area contributed by atoms with Gasteiger partial charge in [0, 0.05) is 13.1 Å². The summed E-state index contributed by atoms with van der Waals surface area (Å²) >= 11 is 0. The summed E-state index contributed by atoms with van der Waals surface area (Å²) in [5.41, 5.74) is 1.18. The van der Waals surface area contributed by atoms with Crippen LogP contribution in [0.15, 0.2) is 0 Å².